The fraction of sp³-hybridized carbons (Fsp3) is 0.462. The van der Waals surface area contributed by atoms with Crippen LogP contribution in [0.25, 0.3) is 0 Å². The third-order valence-corrected chi connectivity index (χ3v) is 3.33. The van der Waals surface area contributed by atoms with Gasteiger partial charge >= 0.3 is 12.6 Å². The highest BCUT2D eigenvalue weighted by atomic mass is 19.3. The number of hydrogen-bond donors (Lipinski definition) is 0. The predicted octanol–water partition coefficient (Wildman–Crippen LogP) is 3.13. The largest absolute Gasteiger partial charge is 0.468 e. The molecule has 20 heavy (non-hydrogen) atoms. The van der Waals surface area contributed by atoms with Gasteiger partial charge in [0, 0.05) is 12.8 Å². The SMILES string of the molecule is COC(=O)C1(c2ccc(OC(F)F)cc2)CC(F)(F)C1. The Bertz CT molecular complexity index is 491. The van der Waals surface area contributed by atoms with Crippen LogP contribution >= 0.6 is 0 Å². The number of carbonyl (C=O) groups excluding carboxylic acids is 1. The minimum Gasteiger partial charge on any atom is -0.468 e. The smallest absolute Gasteiger partial charge is 0.387 e. The lowest BCUT2D eigenvalue weighted by molar-refractivity contribution is -0.177. The molecule has 3 nitrogen and oxygen atoms in total. The zero-order valence-electron chi connectivity index (χ0n) is 10.5. The van der Waals surface area contributed by atoms with Crippen molar-refractivity contribution >= 4 is 5.97 Å². The van der Waals surface area contributed by atoms with E-state index in [1.165, 1.54) is 24.3 Å². The van der Waals surface area contributed by atoms with Crippen LogP contribution in [0.2, 0.25) is 0 Å². The topological polar surface area (TPSA) is 35.5 Å². The summed E-state index contributed by atoms with van der Waals surface area (Å²) in [6.45, 7) is -2.97. The molecule has 1 aliphatic rings. The minimum atomic E-state index is -2.97. The first-order valence-electron chi connectivity index (χ1n) is 5.81. The molecule has 0 atom stereocenters. The van der Waals surface area contributed by atoms with E-state index in [4.69, 9.17) is 0 Å². The maximum absolute atomic E-state index is 13.1. The zero-order chi connectivity index (χ0) is 15.0. The van der Waals surface area contributed by atoms with Gasteiger partial charge in [0.15, 0.2) is 0 Å². The summed E-state index contributed by atoms with van der Waals surface area (Å²) in [7, 11) is 1.12. The van der Waals surface area contributed by atoms with E-state index in [9.17, 15) is 22.4 Å². The quantitative estimate of drug-likeness (QED) is 0.632. The van der Waals surface area contributed by atoms with Gasteiger partial charge in [0.05, 0.1) is 7.11 Å². The Morgan fingerprint density at radius 2 is 1.75 bits per heavy atom. The van der Waals surface area contributed by atoms with Crippen molar-refractivity contribution in [3.05, 3.63) is 29.8 Å². The number of carbonyl (C=O) groups is 1. The first-order chi connectivity index (χ1) is 9.29. The van der Waals surface area contributed by atoms with Crippen LogP contribution in [0.3, 0.4) is 0 Å². The van der Waals surface area contributed by atoms with Gasteiger partial charge in [0.25, 0.3) is 5.92 Å². The third kappa shape index (κ3) is 2.57. The molecular formula is C13H12F4O3. The van der Waals surface area contributed by atoms with E-state index in [0.717, 1.165) is 7.11 Å². The van der Waals surface area contributed by atoms with Gasteiger partial charge in [0.2, 0.25) is 0 Å². The molecule has 0 bridgehead atoms. The molecule has 1 aromatic carbocycles. The second-order valence-corrected chi connectivity index (χ2v) is 4.69. The van der Waals surface area contributed by atoms with Crippen molar-refractivity contribution in [3.63, 3.8) is 0 Å². The fourth-order valence-corrected chi connectivity index (χ4v) is 2.45. The minimum absolute atomic E-state index is 0.102. The maximum atomic E-state index is 13.1. The van der Waals surface area contributed by atoms with E-state index in [2.05, 4.69) is 9.47 Å². The maximum Gasteiger partial charge on any atom is 0.387 e. The van der Waals surface area contributed by atoms with Crippen LogP contribution < -0.4 is 4.74 Å². The van der Waals surface area contributed by atoms with E-state index in [1.807, 2.05) is 0 Å². The van der Waals surface area contributed by atoms with Gasteiger partial charge in [-0.25, -0.2) is 8.78 Å². The summed E-state index contributed by atoms with van der Waals surface area (Å²) in [5, 5.41) is 0. The van der Waals surface area contributed by atoms with Gasteiger partial charge in [-0.1, -0.05) is 12.1 Å². The fourth-order valence-electron chi connectivity index (χ4n) is 2.45. The van der Waals surface area contributed by atoms with Gasteiger partial charge in [-0.3, -0.25) is 4.79 Å². The van der Waals surface area contributed by atoms with Crippen molar-refractivity contribution in [2.75, 3.05) is 7.11 Å². The molecule has 1 saturated carbocycles. The number of esters is 1. The molecule has 1 fully saturated rings. The monoisotopic (exact) mass is 292 g/mol. The first kappa shape index (κ1) is 14.6. The summed E-state index contributed by atoms with van der Waals surface area (Å²) in [4.78, 5) is 11.8. The standard InChI is InChI=1S/C13H12F4O3/c1-19-10(18)12(6-13(16,17)7-12)8-2-4-9(5-3-8)20-11(14)15/h2-5,11H,6-7H2,1H3. The molecule has 110 valence electrons. The molecule has 1 aliphatic carbocycles. The predicted molar refractivity (Wildman–Crippen MR) is 60.9 cm³/mol. The number of benzene rings is 1. The second kappa shape index (κ2) is 4.96. The van der Waals surface area contributed by atoms with Gasteiger partial charge in [-0.2, -0.15) is 8.78 Å². The lowest BCUT2D eigenvalue weighted by Gasteiger charge is -2.45. The number of hydrogen-bond acceptors (Lipinski definition) is 3. The van der Waals surface area contributed by atoms with Crippen LogP contribution in [0, 0.1) is 0 Å². The molecule has 0 radical (unpaired) electrons. The van der Waals surface area contributed by atoms with Crippen LogP contribution in [0.15, 0.2) is 24.3 Å². The molecule has 0 saturated heterocycles. The average molecular weight is 292 g/mol. The van der Waals surface area contributed by atoms with Gasteiger partial charge in [-0.05, 0) is 17.7 Å². The number of methoxy groups -OCH3 is 1. The zero-order valence-corrected chi connectivity index (χ0v) is 10.5. The molecular weight excluding hydrogens is 280 g/mol. The molecule has 0 spiro atoms. The molecule has 0 amide bonds. The summed E-state index contributed by atoms with van der Waals surface area (Å²) >= 11 is 0. The summed E-state index contributed by atoms with van der Waals surface area (Å²) < 4.78 is 59.1. The molecule has 0 N–H and O–H groups in total. The average Bonchev–Trinajstić information content (AvgIpc) is 2.34. The van der Waals surface area contributed by atoms with E-state index >= 15 is 0 Å². The Hall–Kier alpha value is -1.79. The highest BCUT2D eigenvalue weighted by Gasteiger charge is 2.62. The molecule has 0 unspecified atom stereocenters. The summed E-state index contributed by atoms with van der Waals surface area (Å²) in [6, 6.07) is 5.07. The molecule has 1 aromatic rings. The Kier molecular flexibility index (Phi) is 3.62. The number of ether oxygens (including phenoxy) is 2. The van der Waals surface area contributed by atoms with Crippen molar-refractivity contribution in [1.29, 1.82) is 0 Å². The van der Waals surface area contributed by atoms with Crippen LogP contribution in [0.1, 0.15) is 18.4 Å². The molecule has 0 heterocycles. The van der Waals surface area contributed by atoms with Crippen LogP contribution in [0.4, 0.5) is 17.6 Å². The van der Waals surface area contributed by atoms with Gasteiger partial charge < -0.3 is 9.47 Å². The van der Waals surface area contributed by atoms with Gasteiger partial charge in [-0.15, -0.1) is 0 Å². The lowest BCUT2D eigenvalue weighted by atomic mass is 9.62. The van der Waals surface area contributed by atoms with E-state index < -0.39 is 36.8 Å². The Labute approximate surface area is 112 Å². The van der Waals surface area contributed by atoms with Crippen molar-refractivity contribution in [2.45, 2.75) is 30.8 Å². The summed E-state index contributed by atoms with van der Waals surface area (Å²) in [6.07, 6.45) is -1.30. The highest BCUT2D eigenvalue weighted by molar-refractivity contribution is 5.85. The molecule has 7 heteroatoms. The Morgan fingerprint density at radius 1 is 1.20 bits per heavy atom. The third-order valence-electron chi connectivity index (χ3n) is 3.33. The van der Waals surface area contributed by atoms with Crippen LogP contribution in [-0.4, -0.2) is 25.6 Å². The molecule has 0 aliphatic heterocycles. The van der Waals surface area contributed by atoms with Gasteiger partial charge in [0.1, 0.15) is 11.2 Å². The normalized spacial score (nSPS) is 19.3. The number of alkyl halides is 4. The van der Waals surface area contributed by atoms with Crippen molar-refractivity contribution in [2.24, 2.45) is 0 Å². The summed E-state index contributed by atoms with van der Waals surface area (Å²) in [5.41, 5.74) is -1.11. The Balaban J connectivity index is 2.25. The van der Waals surface area contributed by atoms with Crippen molar-refractivity contribution < 1.29 is 31.8 Å². The Morgan fingerprint density at radius 3 is 2.15 bits per heavy atom. The van der Waals surface area contributed by atoms with E-state index in [0.29, 0.717) is 5.56 Å². The van der Waals surface area contributed by atoms with Crippen LogP contribution in [0.5, 0.6) is 5.75 Å². The van der Waals surface area contributed by atoms with Crippen molar-refractivity contribution in [3.8, 4) is 5.75 Å². The summed E-state index contributed by atoms with van der Waals surface area (Å²) in [5.74, 6) is -3.78. The second-order valence-electron chi connectivity index (χ2n) is 4.69. The first-order valence-corrected chi connectivity index (χ1v) is 5.81. The molecule has 0 aromatic heterocycles. The number of rotatable bonds is 4. The molecule has 2 rings (SSSR count). The number of halogens is 4. The highest BCUT2D eigenvalue weighted by Crippen LogP contribution is 2.54. The lowest BCUT2D eigenvalue weighted by Crippen LogP contribution is -2.54. The van der Waals surface area contributed by atoms with E-state index in [-0.39, 0.29) is 5.75 Å². The van der Waals surface area contributed by atoms with Crippen LogP contribution in [-0.2, 0) is 14.9 Å². The van der Waals surface area contributed by atoms with Crippen molar-refractivity contribution in [1.82, 2.24) is 0 Å². The van der Waals surface area contributed by atoms with E-state index in [1.54, 1.807) is 0 Å².